The molecule has 1 aliphatic rings. The molecule has 1 N–H and O–H groups in total. The van der Waals surface area contributed by atoms with Crippen molar-refractivity contribution >= 4 is 5.91 Å². The van der Waals surface area contributed by atoms with Gasteiger partial charge in [0.15, 0.2) is 0 Å². The normalized spacial score (nSPS) is 22.5. The number of carbonyl (C=O) groups is 1. The third kappa shape index (κ3) is 3.83. The molecule has 1 aromatic carbocycles. The highest BCUT2D eigenvalue weighted by Crippen LogP contribution is 2.32. The van der Waals surface area contributed by atoms with Gasteiger partial charge in [0.05, 0.1) is 6.54 Å². The van der Waals surface area contributed by atoms with Crippen LogP contribution in [0, 0.1) is 0 Å². The fourth-order valence-corrected chi connectivity index (χ4v) is 3.00. The SMILES string of the molecule is CCN(C)C(=O)CNC1CCCCC1c1ccccc1. The third-order valence-electron chi connectivity index (χ3n) is 4.41. The van der Waals surface area contributed by atoms with Gasteiger partial charge in [-0.25, -0.2) is 0 Å². The first-order chi connectivity index (χ1) is 9.72. The van der Waals surface area contributed by atoms with Gasteiger partial charge in [0.25, 0.3) is 0 Å². The largest absolute Gasteiger partial charge is 0.345 e. The molecule has 0 saturated heterocycles. The molecule has 2 unspecified atom stereocenters. The molecule has 1 fully saturated rings. The summed E-state index contributed by atoms with van der Waals surface area (Å²) in [6.07, 6.45) is 4.95. The second-order valence-electron chi connectivity index (χ2n) is 5.70. The number of amides is 1. The lowest BCUT2D eigenvalue weighted by Crippen LogP contribution is -2.43. The number of nitrogens with zero attached hydrogens (tertiary/aromatic N) is 1. The molecule has 0 radical (unpaired) electrons. The molecular formula is C17H26N2O. The minimum absolute atomic E-state index is 0.185. The lowest BCUT2D eigenvalue weighted by molar-refractivity contribution is -0.128. The van der Waals surface area contributed by atoms with Gasteiger partial charge in [0.2, 0.25) is 5.91 Å². The van der Waals surface area contributed by atoms with E-state index in [2.05, 4.69) is 35.6 Å². The highest BCUT2D eigenvalue weighted by Gasteiger charge is 2.26. The maximum absolute atomic E-state index is 11.9. The number of hydrogen-bond donors (Lipinski definition) is 1. The maximum atomic E-state index is 11.9. The summed E-state index contributed by atoms with van der Waals surface area (Å²) in [4.78, 5) is 13.7. The Morgan fingerprint density at radius 3 is 2.65 bits per heavy atom. The molecule has 3 nitrogen and oxygen atoms in total. The number of benzene rings is 1. The van der Waals surface area contributed by atoms with Crippen LogP contribution in [0.5, 0.6) is 0 Å². The van der Waals surface area contributed by atoms with Crippen LogP contribution in [-0.4, -0.2) is 37.0 Å². The van der Waals surface area contributed by atoms with Gasteiger partial charge in [-0.15, -0.1) is 0 Å². The molecule has 2 rings (SSSR count). The van der Waals surface area contributed by atoms with Crippen molar-refractivity contribution in [2.24, 2.45) is 0 Å². The van der Waals surface area contributed by atoms with Gasteiger partial charge in [0, 0.05) is 19.6 Å². The van der Waals surface area contributed by atoms with Crippen LogP contribution in [0.3, 0.4) is 0 Å². The van der Waals surface area contributed by atoms with Crippen LogP contribution in [0.15, 0.2) is 30.3 Å². The molecule has 0 aliphatic heterocycles. The molecule has 1 aromatic rings. The second kappa shape index (κ2) is 7.44. The quantitative estimate of drug-likeness (QED) is 0.895. The Labute approximate surface area is 122 Å². The fraction of sp³-hybridized carbons (Fsp3) is 0.588. The summed E-state index contributed by atoms with van der Waals surface area (Å²) in [6, 6.07) is 11.1. The monoisotopic (exact) mass is 274 g/mol. The molecule has 1 amide bonds. The summed E-state index contributed by atoms with van der Waals surface area (Å²) in [5.74, 6) is 0.731. The zero-order chi connectivity index (χ0) is 14.4. The molecule has 0 aromatic heterocycles. The first kappa shape index (κ1) is 15.0. The predicted octanol–water partition coefficient (Wildman–Crippen LogP) is 2.78. The minimum atomic E-state index is 0.185. The second-order valence-corrected chi connectivity index (χ2v) is 5.70. The molecule has 0 bridgehead atoms. The first-order valence-corrected chi connectivity index (χ1v) is 7.74. The van der Waals surface area contributed by atoms with E-state index < -0.39 is 0 Å². The number of rotatable bonds is 5. The van der Waals surface area contributed by atoms with Crippen LogP contribution < -0.4 is 5.32 Å². The highest BCUT2D eigenvalue weighted by molar-refractivity contribution is 5.77. The van der Waals surface area contributed by atoms with E-state index in [0.29, 0.717) is 18.5 Å². The van der Waals surface area contributed by atoms with E-state index >= 15 is 0 Å². The molecule has 0 heterocycles. The molecule has 20 heavy (non-hydrogen) atoms. The van der Waals surface area contributed by atoms with Crippen LogP contribution in [-0.2, 0) is 4.79 Å². The van der Waals surface area contributed by atoms with Gasteiger partial charge in [-0.05, 0) is 31.2 Å². The smallest absolute Gasteiger partial charge is 0.236 e. The van der Waals surface area contributed by atoms with E-state index in [-0.39, 0.29) is 5.91 Å². The average Bonchev–Trinajstić information content (AvgIpc) is 2.53. The van der Waals surface area contributed by atoms with E-state index in [1.54, 1.807) is 4.90 Å². The lowest BCUT2D eigenvalue weighted by Gasteiger charge is -2.33. The third-order valence-corrected chi connectivity index (χ3v) is 4.41. The Hall–Kier alpha value is -1.35. The van der Waals surface area contributed by atoms with Crippen molar-refractivity contribution in [2.45, 2.75) is 44.6 Å². The molecule has 0 spiro atoms. The number of nitrogens with one attached hydrogen (secondary N) is 1. The van der Waals surface area contributed by atoms with Gasteiger partial charge in [0.1, 0.15) is 0 Å². The molecule has 3 heteroatoms. The van der Waals surface area contributed by atoms with Crippen molar-refractivity contribution in [2.75, 3.05) is 20.1 Å². The topological polar surface area (TPSA) is 32.3 Å². The van der Waals surface area contributed by atoms with E-state index in [9.17, 15) is 4.79 Å². The Kier molecular flexibility index (Phi) is 5.60. The van der Waals surface area contributed by atoms with Crippen molar-refractivity contribution in [3.05, 3.63) is 35.9 Å². The van der Waals surface area contributed by atoms with Crippen LogP contribution in [0.2, 0.25) is 0 Å². The van der Waals surface area contributed by atoms with E-state index in [4.69, 9.17) is 0 Å². The van der Waals surface area contributed by atoms with E-state index in [1.807, 2.05) is 14.0 Å². The van der Waals surface area contributed by atoms with Crippen LogP contribution in [0.1, 0.15) is 44.1 Å². The fourth-order valence-electron chi connectivity index (χ4n) is 3.00. The molecule has 110 valence electrons. The molecule has 1 aliphatic carbocycles. The number of carbonyl (C=O) groups excluding carboxylic acids is 1. The van der Waals surface area contributed by atoms with Gasteiger partial charge < -0.3 is 10.2 Å². The summed E-state index contributed by atoms with van der Waals surface area (Å²) in [5.41, 5.74) is 1.40. The first-order valence-electron chi connectivity index (χ1n) is 7.74. The summed E-state index contributed by atoms with van der Waals surface area (Å²) < 4.78 is 0. The summed E-state index contributed by atoms with van der Waals surface area (Å²) in [7, 11) is 1.86. The van der Waals surface area contributed by atoms with Crippen molar-refractivity contribution in [3.63, 3.8) is 0 Å². The van der Waals surface area contributed by atoms with E-state index in [1.165, 1.54) is 31.2 Å². The van der Waals surface area contributed by atoms with Crippen molar-refractivity contribution in [1.82, 2.24) is 10.2 Å². The zero-order valence-corrected chi connectivity index (χ0v) is 12.6. The van der Waals surface area contributed by atoms with Gasteiger partial charge >= 0.3 is 0 Å². The maximum Gasteiger partial charge on any atom is 0.236 e. The van der Waals surface area contributed by atoms with Crippen LogP contribution in [0.4, 0.5) is 0 Å². The van der Waals surface area contributed by atoms with Crippen LogP contribution >= 0.6 is 0 Å². The standard InChI is InChI=1S/C17H26N2O/c1-3-19(2)17(20)13-18-16-12-8-7-11-15(16)14-9-5-4-6-10-14/h4-6,9-10,15-16,18H,3,7-8,11-13H2,1-2H3. The number of hydrogen-bond acceptors (Lipinski definition) is 2. The van der Waals surface area contributed by atoms with Gasteiger partial charge in [-0.1, -0.05) is 43.2 Å². The highest BCUT2D eigenvalue weighted by atomic mass is 16.2. The molecule has 1 saturated carbocycles. The van der Waals surface area contributed by atoms with Gasteiger partial charge in [-0.3, -0.25) is 4.79 Å². The van der Waals surface area contributed by atoms with Crippen molar-refractivity contribution in [1.29, 1.82) is 0 Å². The Balaban J connectivity index is 1.96. The van der Waals surface area contributed by atoms with Gasteiger partial charge in [-0.2, -0.15) is 0 Å². The number of likely N-dealkylation sites (N-methyl/N-ethyl adjacent to an activating group) is 1. The molecular weight excluding hydrogens is 248 g/mol. The average molecular weight is 274 g/mol. The Morgan fingerprint density at radius 1 is 1.25 bits per heavy atom. The summed E-state index contributed by atoms with van der Waals surface area (Å²) in [6.45, 7) is 3.23. The Morgan fingerprint density at radius 2 is 1.95 bits per heavy atom. The Bertz CT molecular complexity index is 418. The summed E-state index contributed by atoms with van der Waals surface area (Å²) in [5, 5.41) is 3.49. The van der Waals surface area contributed by atoms with E-state index in [0.717, 1.165) is 6.54 Å². The van der Waals surface area contributed by atoms with Crippen molar-refractivity contribution in [3.8, 4) is 0 Å². The molecule has 2 atom stereocenters. The minimum Gasteiger partial charge on any atom is -0.345 e. The zero-order valence-electron chi connectivity index (χ0n) is 12.6. The predicted molar refractivity (Wildman–Crippen MR) is 82.8 cm³/mol. The van der Waals surface area contributed by atoms with Crippen LogP contribution in [0.25, 0.3) is 0 Å². The lowest BCUT2D eigenvalue weighted by atomic mass is 9.80. The van der Waals surface area contributed by atoms with Crippen molar-refractivity contribution < 1.29 is 4.79 Å². The summed E-state index contributed by atoms with van der Waals surface area (Å²) >= 11 is 0.